The minimum absolute atomic E-state index is 0.139. The van der Waals surface area contributed by atoms with Crippen molar-refractivity contribution in [1.29, 1.82) is 0 Å². The zero-order valence-corrected chi connectivity index (χ0v) is 12.0. The van der Waals surface area contributed by atoms with Crippen LogP contribution in [0, 0.1) is 5.92 Å². The third kappa shape index (κ3) is 4.94. The van der Waals surface area contributed by atoms with E-state index in [-0.39, 0.29) is 11.9 Å². The summed E-state index contributed by atoms with van der Waals surface area (Å²) in [5, 5.41) is 3.28. The van der Waals surface area contributed by atoms with Crippen molar-refractivity contribution in [3.8, 4) is 0 Å². The Morgan fingerprint density at radius 3 is 2.95 bits per heavy atom. The van der Waals surface area contributed by atoms with Crippen molar-refractivity contribution in [2.75, 3.05) is 19.7 Å². The summed E-state index contributed by atoms with van der Waals surface area (Å²) in [7, 11) is 0. The molecule has 1 aliphatic heterocycles. The summed E-state index contributed by atoms with van der Waals surface area (Å²) >= 11 is 0. The quantitative estimate of drug-likeness (QED) is 0.776. The van der Waals surface area contributed by atoms with E-state index in [2.05, 4.69) is 5.32 Å². The average Bonchev–Trinajstić information content (AvgIpc) is 2.99. The Hall–Kier alpha value is -1.39. The minimum atomic E-state index is -0.159. The molecule has 2 rings (SSSR count). The molecule has 2 unspecified atom stereocenters. The first-order valence-corrected chi connectivity index (χ1v) is 7.28. The van der Waals surface area contributed by atoms with E-state index in [1.807, 2.05) is 37.3 Å². The molecule has 0 radical (unpaired) electrons. The maximum atomic E-state index is 11.9. The summed E-state index contributed by atoms with van der Waals surface area (Å²) in [6, 6.07) is 9.73. The number of benzene rings is 1. The molecule has 2 atom stereocenters. The van der Waals surface area contributed by atoms with Gasteiger partial charge in [-0.3, -0.25) is 4.79 Å². The van der Waals surface area contributed by atoms with Crippen molar-refractivity contribution < 1.29 is 14.3 Å². The number of carbonyl (C=O) groups excluding carboxylic acids is 1. The van der Waals surface area contributed by atoms with E-state index >= 15 is 0 Å². The van der Waals surface area contributed by atoms with Crippen LogP contribution in [0.1, 0.15) is 25.3 Å². The summed E-state index contributed by atoms with van der Waals surface area (Å²) in [5.74, 6) is -0.297. The molecule has 0 amide bonds. The Bertz CT molecular complexity index is 401. The van der Waals surface area contributed by atoms with Gasteiger partial charge in [0.15, 0.2) is 0 Å². The van der Waals surface area contributed by atoms with Gasteiger partial charge >= 0.3 is 5.97 Å². The molecule has 1 N–H and O–H groups in total. The second kappa shape index (κ2) is 8.02. The summed E-state index contributed by atoms with van der Waals surface area (Å²) in [4.78, 5) is 11.9. The van der Waals surface area contributed by atoms with E-state index in [1.54, 1.807) is 0 Å². The fourth-order valence-electron chi connectivity index (χ4n) is 2.22. The first-order valence-electron chi connectivity index (χ1n) is 7.28. The van der Waals surface area contributed by atoms with E-state index in [4.69, 9.17) is 9.47 Å². The second-order valence-corrected chi connectivity index (χ2v) is 5.29. The number of hydrogen-bond donors (Lipinski definition) is 1. The summed E-state index contributed by atoms with van der Waals surface area (Å²) in [6.07, 6.45) is 2.56. The second-order valence-electron chi connectivity index (χ2n) is 5.29. The predicted molar refractivity (Wildman–Crippen MR) is 77.2 cm³/mol. The largest absolute Gasteiger partial charge is 0.461 e. The van der Waals surface area contributed by atoms with Gasteiger partial charge in [0, 0.05) is 19.7 Å². The van der Waals surface area contributed by atoms with Crippen molar-refractivity contribution in [2.24, 2.45) is 5.92 Å². The van der Waals surface area contributed by atoms with Crippen LogP contribution in [0.15, 0.2) is 30.3 Å². The molecule has 110 valence electrons. The van der Waals surface area contributed by atoms with Crippen molar-refractivity contribution in [2.45, 2.75) is 32.5 Å². The maximum absolute atomic E-state index is 11.9. The highest BCUT2D eigenvalue weighted by atomic mass is 16.5. The van der Waals surface area contributed by atoms with Crippen molar-refractivity contribution in [3.05, 3.63) is 35.9 Å². The summed E-state index contributed by atoms with van der Waals surface area (Å²) < 4.78 is 10.8. The lowest BCUT2D eigenvalue weighted by Gasteiger charge is -2.14. The molecule has 0 saturated carbocycles. The molecule has 4 nitrogen and oxygen atoms in total. The highest BCUT2D eigenvalue weighted by Gasteiger charge is 2.17. The van der Waals surface area contributed by atoms with Gasteiger partial charge in [-0.1, -0.05) is 37.3 Å². The third-order valence-corrected chi connectivity index (χ3v) is 3.47. The fraction of sp³-hybridized carbons (Fsp3) is 0.562. The van der Waals surface area contributed by atoms with Crippen molar-refractivity contribution in [1.82, 2.24) is 5.32 Å². The van der Waals surface area contributed by atoms with Crippen LogP contribution in [0.2, 0.25) is 0 Å². The summed E-state index contributed by atoms with van der Waals surface area (Å²) in [6.45, 7) is 4.54. The Morgan fingerprint density at radius 2 is 2.25 bits per heavy atom. The van der Waals surface area contributed by atoms with Gasteiger partial charge in [-0.15, -0.1) is 0 Å². The number of nitrogens with one attached hydrogen (secondary N) is 1. The van der Waals surface area contributed by atoms with Gasteiger partial charge in [0.25, 0.3) is 0 Å². The van der Waals surface area contributed by atoms with E-state index in [1.165, 1.54) is 0 Å². The molecule has 1 aromatic carbocycles. The van der Waals surface area contributed by atoms with Gasteiger partial charge in [-0.25, -0.2) is 0 Å². The predicted octanol–water partition coefficient (Wildman–Crippen LogP) is 2.13. The standard InChI is InChI=1S/C16H23NO3/c1-13(10-17-11-15-8-5-9-19-15)16(18)20-12-14-6-3-2-4-7-14/h2-4,6-7,13,15,17H,5,8-12H2,1H3. The number of rotatable bonds is 7. The molecule has 4 heteroatoms. The van der Waals surface area contributed by atoms with E-state index in [0.29, 0.717) is 19.3 Å². The number of carbonyl (C=O) groups is 1. The van der Waals surface area contributed by atoms with Crippen molar-refractivity contribution >= 4 is 5.97 Å². The van der Waals surface area contributed by atoms with Crippen LogP contribution in [0.5, 0.6) is 0 Å². The Morgan fingerprint density at radius 1 is 1.45 bits per heavy atom. The molecule has 1 aromatic rings. The molecule has 1 heterocycles. The van der Waals surface area contributed by atoms with Crippen LogP contribution < -0.4 is 5.32 Å². The minimum Gasteiger partial charge on any atom is -0.461 e. The van der Waals surface area contributed by atoms with E-state index in [9.17, 15) is 4.79 Å². The molecular formula is C16H23NO3. The molecule has 1 saturated heterocycles. The smallest absolute Gasteiger partial charge is 0.310 e. The third-order valence-electron chi connectivity index (χ3n) is 3.47. The van der Waals surface area contributed by atoms with E-state index < -0.39 is 0 Å². The van der Waals surface area contributed by atoms with Crippen LogP contribution in [0.25, 0.3) is 0 Å². The molecule has 1 fully saturated rings. The lowest BCUT2D eigenvalue weighted by atomic mass is 10.1. The Labute approximate surface area is 120 Å². The normalized spacial score (nSPS) is 19.8. The number of hydrogen-bond acceptors (Lipinski definition) is 4. The van der Waals surface area contributed by atoms with Crippen LogP contribution in [-0.2, 0) is 20.9 Å². The van der Waals surface area contributed by atoms with Crippen molar-refractivity contribution in [3.63, 3.8) is 0 Å². The fourth-order valence-corrected chi connectivity index (χ4v) is 2.22. The Balaban J connectivity index is 1.61. The van der Waals surface area contributed by atoms with Gasteiger partial charge < -0.3 is 14.8 Å². The highest BCUT2D eigenvalue weighted by Crippen LogP contribution is 2.11. The van der Waals surface area contributed by atoms with Gasteiger partial charge in [0.1, 0.15) is 6.61 Å². The molecule has 20 heavy (non-hydrogen) atoms. The molecule has 0 bridgehead atoms. The lowest BCUT2D eigenvalue weighted by Crippen LogP contribution is -2.33. The zero-order valence-electron chi connectivity index (χ0n) is 12.0. The molecular weight excluding hydrogens is 254 g/mol. The van der Waals surface area contributed by atoms with Gasteiger partial charge in [0.05, 0.1) is 12.0 Å². The van der Waals surface area contributed by atoms with Gasteiger partial charge in [-0.05, 0) is 18.4 Å². The number of ether oxygens (including phenoxy) is 2. The molecule has 0 aromatic heterocycles. The van der Waals surface area contributed by atoms with Crippen LogP contribution in [-0.4, -0.2) is 31.8 Å². The highest BCUT2D eigenvalue weighted by molar-refractivity contribution is 5.72. The number of esters is 1. The zero-order chi connectivity index (χ0) is 14.2. The Kier molecular flexibility index (Phi) is 6.02. The molecule has 0 aliphatic carbocycles. The topological polar surface area (TPSA) is 47.6 Å². The molecule has 1 aliphatic rings. The van der Waals surface area contributed by atoms with Crippen LogP contribution in [0.3, 0.4) is 0 Å². The van der Waals surface area contributed by atoms with Gasteiger partial charge in [0.2, 0.25) is 0 Å². The molecule has 0 spiro atoms. The van der Waals surface area contributed by atoms with Crippen LogP contribution >= 0.6 is 0 Å². The van der Waals surface area contributed by atoms with Gasteiger partial charge in [-0.2, -0.15) is 0 Å². The average molecular weight is 277 g/mol. The maximum Gasteiger partial charge on any atom is 0.310 e. The SMILES string of the molecule is CC(CNCC1CCCO1)C(=O)OCc1ccccc1. The van der Waals surface area contributed by atoms with Crippen LogP contribution in [0.4, 0.5) is 0 Å². The monoisotopic (exact) mass is 277 g/mol. The summed E-state index contributed by atoms with van der Waals surface area (Å²) in [5.41, 5.74) is 1.01. The van der Waals surface area contributed by atoms with E-state index in [0.717, 1.165) is 31.6 Å². The first-order chi connectivity index (χ1) is 9.75. The lowest BCUT2D eigenvalue weighted by molar-refractivity contribution is -0.149. The first kappa shape index (κ1) is 15.0.